The van der Waals surface area contributed by atoms with Gasteiger partial charge in [-0.1, -0.05) is 0 Å². The molecule has 2 rings (SSSR count). The average molecular weight is 294 g/mol. The molecule has 1 aliphatic rings. The highest BCUT2D eigenvalue weighted by Crippen LogP contribution is 2.34. The molecule has 114 valence electrons. The quantitative estimate of drug-likeness (QED) is 0.722. The molecule has 1 aliphatic carbocycles. The second-order valence-corrected chi connectivity index (χ2v) is 5.37. The Bertz CT molecular complexity index is 534. The number of carboxylic acids is 1. The predicted molar refractivity (Wildman–Crippen MR) is 72.6 cm³/mol. The van der Waals surface area contributed by atoms with Crippen LogP contribution in [-0.2, 0) is 9.59 Å². The number of carbonyl (C=O) groups excluding carboxylic acids is 2. The lowest BCUT2D eigenvalue weighted by atomic mass is 9.74. The maximum atomic E-state index is 12.1. The van der Waals surface area contributed by atoms with Crippen LogP contribution in [0.4, 0.5) is 0 Å². The fourth-order valence-corrected chi connectivity index (χ4v) is 2.35. The first kappa shape index (κ1) is 15.1. The number of nitrogens with one attached hydrogen (secondary N) is 2. The largest absolute Gasteiger partial charge is 0.481 e. The predicted octanol–water partition coefficient (Wildman–Crippen LogP) is 0.911. The van der Waals surface area contributed by atoms with Crippen LogP contribution in [0.5, 0.6) is 0 Å². The van der Waals surface area contributed by atoms with Crippen molar-refractivity contribution in [1.29, 1.82) is 0 Å². The molecule has 1 heterocycles. The number of carboxylic acid groups (broad SMARTS) is 1. The molecular weight excluding hydrogens is 276 g/mol. The zero-order chi connectivity index (χ0) is 15.5. The highest BCUT2D eigenvalue weighted by atomic mass is 16.4. The number of carbonyl (C=O) groups is 3. The zero-order valence-electron chi connectivity index (χ0n) is 11.7. The Morgan fingerprint density at radius 1 is 1.43 bits per heavy atom. The lowest BCUT2D eigenvalue weighted by Crippen LogP contribution is -2.58. The Morgan fingerprint density at radius 3 is 2.62 bits per heavy atom. The van der Waals surface area contributed by atoms with E-state index in [0.29, 0.717) is 12.8 Å². The summed E-state index contributed by atoms with van der Waals surface area (Å²) in [6, 6.07) is 2.31. The van der Waals surface area contributed by atoms with Crippen LogP contribution in [0.15, 0.2) is 22.8 Å². The van der Waals surface area contributed by atoms with Gasteiger partial charge in [0.1, 0.15) is 6.04 Å². The van der Waals surface area contributed by atoms with E-state index in [-0.39, 0.29) is 12.2 Å². The number of hydrogen-bond donors (Lipinski definition) is 3. The summed E-state index contributed by atoms with van der Waals surface area (Å²) >= 11 is 0. The Morgan fingerprint density at radius 2 is 2.14 bits per heavy atom. The molecule has 21 heavy (non-hydrogen) atoms. The molecule has 1 atom stereocenters. The van der Waals surface area contributed by atoms with Gasteiger partial charge in [0.05, 0.1) is 18.2 Å². The van der Waals surface area contributed by atoms with Gasteiger partial charge in [-0.25, -0.2) is 0 Å². The second-order valence-electron chi connectivity index (χ2n) is 5.37. The Hall–Kier alpha value is -2.31. The highest BCUT2D eigenvalue weighted by Gasteiger charge is 2.41. The molecule has 1 aromatic heterocycles. The zero-order valence-corrected chi connectivity index (χ0v) is 11.7. The SMILES string of the molecule is CC(NC(=O)c1ccco1)C(=O)NC1(CC(=O)O)CCC1. The van der Waals surface area contributed by atoms with E-state index in [2.05, 4.69) is 10.6 Å². The van der Waals surface area contributed by atoms with E-state index < -0.39 is 29.4 Å². The molecule has 7 heteroatoms. The summed E-state index contributed by atoms with van der Waals surface area (Å²) in [7, 11) is 0. The molecular formula is C14H18N2O5. The summed E-state index contributed by atoms with van der Waals surface area (Å²) < 4.78 is 4.94. The summed E-state index contributed by atoms with van der Waals surface area (Å²) in [5, 5.41) is 14.2. The van der Waals surface area contributed by atoms with Crippen LogP contribution < -0.4 is 10.6 Å². The maximum Gasteiger partial charge on any atom is 0.305 e. The lowest BCUT2D eigenvalue weighted by molar-refractivity contribution is -0.140. The van der Waals surface area contributed by atoms with Crippen molar-refractivity contribution < 1.29 is 23.9 Å². The summed E-state index contributed by atoms with van der Waals surface area (Å²) in [6.45, 7) is 1.54. The maximum absolute atomic E-state index is 12.1. The van der Waals surface area contributed by atoms with Crippen molar-refractivity contribution in [2.75, 3.05) is 0 Å². The molecule has 7 nitrogen and oxygen atoms in total. The van der Waals surface area contributed by atoms with Crippen LogP contribution in [0, 0.1) is 0 Å². The van der Waals surface area contributed by atoms with Crippen molar-refractivity contribution in [2.45, 2.75) is 44.2 Å². The van der Waals surface area contributed by atoms with E-state index in [1.807, 2.05) is 0 Å². The summed E-state index contributed by atoms with van der Waals surface area (Å²) in [5.41, 5.74) is -0.674. The van der Waals surface area contributed by atoms with E-state index in [4.69, 9.17) is 9.52 Å². The minimum absolute atomic E-state index is 0.0996. The van der Waals surface area contributed by atoms with E-state index in [1.165, 1.54) is 12.3 Å². The van der Waals surface area contributed by atoms with Gasteiger partial charge in [-0.15, -0.1) is 0 Å². The summed E-state index contributed by atoms with van der Waals surface area (Å²) in [6.07, 6.45) is 3.45. The first-order valence-electron chi connectivity index (χ1n) is 6.80. The van der Waals surface area contributed by atoms with E-state index in [9.17, 15) is 14.4 Å². The molecule has 0 spiro atoms. The van der Waals surface area contributed by atoms with Gasteiger partial charge in [-0.05, 0) is 38.3 Å². The van der Waals surface area contributed by atoms with E-state index in [0.717, 1.165) is 6.42 Å². The van der Waals surface area contributed by atoms with Crippen LogP contribution in [0.3, 0.4) is 0 Å². The Kier molecular flexibility index (Phi) is 4.30. The second kappa shape index (κ2) is 5.99. The van der Waals surface area contributed by atoms with Crippen molar-refractivity contribution in [1.82, 2.24) is 10.6 Å². The van der Waals surface area contributed by atoms with Gasteiger partial charge in [0.15, 0.2) is 5.76 Å². The van der Waals surface area contributed by atoms with Crippen LogP contribution in [0.2, 0.25) is 0 Å². The molecule has 0 radical (unpaired) electrons. The fourth-order valence-electron chi connectivity index (χ4n) is 2.35. The molecule has 1 fully saturated rings. The Labute approximate surface area is 121 Å². The van der Waals surface area contributed by atoms with E-state index >= 15 is 0 Å². The average Bonchev–Trinajstić information content (AvgIpc) is 2.89. The summed E-state index contributed by atoms with van der Waals surface area (Å²) in [5.74, 6) is -1.69. The third-order valence-electron chi connectivity index (χ3n) is 3.67. The molecule has 2 amide bonds. The smallest absolute Gasteiger partial charge is 0.305 e. The third-order valence-corrected chi connectivity index (χ3v) is 3.67. The minimum Gasteiger partial charge on any atom is -0.481 e. The van der Waals surface area contributed by atoms with Gasteiger partial charge in [-0.2, -0.15) is 0 Å². The van der Waals surface area contributed by atoms with Crippen LogP contribution >= 0.6 is 0 Å². The normalized spacial score (nSPS) is 17.4. The first-order chi connectivity index (χ1) is 9.92. The molecule has 0 saturated heterocycles. The van der Waals surface area contributed by atoms with Gasteiger partial charge < -0.3 is 20.2 Å². The van der Waals surface area contributed by atoms with Crippen molar-refractivity contribution in [3.05, 3.63) is 24.2 Å². The van der Waals surface area contributed by atoms with Crippen LogP contribution in [0.1, 0.15) is 43.2 Å². The van der Waals surface area contributed by atoms with Crippen LogP contribution in [-0.4, -0.2) is 34.5 Å². The fraction of sp³-hybridized carbons (Fsp3) is 0.500. The monoisotopic (exact) mass is 294 g/mol. The number of rotatable bonds is 6. The molecule has 1 saturated carbocycles. The number of amides is 2. The van der Waals surface area contributed by atoms with Crippen molar-refractivity contribution in [3.63, 3.8) is 0 Å². The van der Waals surface area contributed by atoms with Gasteiger partial charge in [0.25, 0.3) is 5.91 Å². The molecule has 0 aliphatic heterocycles. The molecule has 0 aromatic carbocycles. The molecule has 3 N–H and O–H groups in total. The van der Waals surface area contributed by atoms with E-state index in [1.54, 1.807) is 13.0 Å². The molecule has 1 aromatic rings. The van der Waals surface area contributed by atoms with Crippen molar-refractivity contribution in [2.24, 2.45) is 0 Å². The first-order valence-corrected chi connectivity index (χ1v) is 6.80. The van der Waals surface area contributed by atoms with Gasteiger partial charge in [-0.3, -0.25) is 14.4 Å². The lowest BCUT2D eigenvalue weighted by Gasteiger charge is -2.42. The third kappa shape index (κ3) is 3.62. The molecule has 1 unspecified atom stereocenters. The number of aliphatic carboxylic acids is 1. The van der Waals surface area contributed by atoms with Gasteiger partial charge >= 0.3 is 5.97 Å². The Balaban J connectivity index is 1.90. The number of furan rings is 1. The summed E-state index contributed by atoms with van der Waals surface area (Å²) in [4.78, 5) is 34.7. The van der Waals surface area contributed by atoms with Crippen molar-refractivity contribution >= 4 is 17.8 Å². The van der Waals surface area contributed by atoms with Crippen LogP contribution in [0.25, 0.3) is 0 Å². The molecule has 0 bridgehead atoms. The number of hydrogen-bond acceptors (Lipinski definition) is 4. The van der Waals surface area contributed by atoms with Gasteiger partial charge in [0, 0.05) is 0 Å². The highest BCUT2D eigenvalue weighted by molar-refractivity contribution is 5.95. The topological polar surface area (TPSA) is 109 Å². The standard InChI is InChI=1S/C14H18N2O5/c1-9(15-13(20)10-4-2-7-21-10)12(19)16-14(5-3-6-14)8-11(17)18/h2,4,7,9H,3,5-6,8H2,1H3,(H,15,20)(H,16,19)(H,17,18). The van der Waals surface area contributed by atoms with Crippen molar-refractivity contribution in [3.8, 4) is 0 Å². The minimum atomic E-state index is -0.942. The van der Waals surface area contributed by atoms with Gasteiger partial charge in [0.2, 0.25) is 5.91 Å².